The lowest BCUT2D eigenvalue weighted by Crippen LogP contribution is -2.21. The number of benzene rings is 3. The van der Waals surface area contributed by atoms with E-state index in [2.05, 4.69) is 52.0 Å². The highest BCUT2D eigenvalue weighted by Gasteiger charge is 2.30. The average Bonchev–Trinajstić information content (AvgIpc) is 2.69. The predicted octanol–water partition coefficient (Wildman–Crippen LogP) is 6.96. The summed E-state index contributed by atoms with van der Waals surface area (Å²) < 4.78 is 21.0. The zero-order valence-electron chi connectivity index (χ0n) is 18.0. The topological polar surface area (TPSA) is 9.23 Å². The van der Waals surface area contributed by atoms with Crippen LogP contribution in [0.3, 0.4) is 0 Å². The summed E-state index contributed by atoms with van der Waals surface area (Å²) in [4.78, 5) is 0. The first-order valence-electron chi connectivity index (χ1n) is 10.1. The summed E-state index contributed by atoms with van der Waals surface area (Å²) in [7, 11) is 0.326. The fourth-order valence-corrected chi connectivity index (χ4v) is 5.10. The van der Waals surface area contributed by atoms with Crippen molar-refractivity contribution in [2.75, 3.05) is 0 Å². The van der Waals surface area contributed by atoms with Crippen LogP contribution in [0.1, 0.15) is 48.1 Å². The van der Waals surface area contributed by atoms with Gasteiger partial charge >= 0.3 is 0 Å². The fourth-order valence-electron chi connectivity index (χ4n) is 3.65. The Bertz CT molecular complexity index is 983. The van der Waals surface area contributed by atoms with Gasteiger partial charge in [0.15, 0.2) is 0 Å². The van der Waals surface area contributed by atoms with Crippen molar-refractivity contribution in [1.29, 1.82) is 0 Å². The highest BCUT2D eigenvalue weighted by Crippen LogP contribution is 2.48. The molecule has 0 fully saturated rings. The molecule has 3 aromatic rings. The van der Waals surface area contributed by atoms with E-state index in [4.69, 9.17) is 4.74 Å². The van der Waals surface area contributed by atoms with Gasteiger partial charge in [-0.15, -0.1) is 0 Å². The number of hydrogen-bond donors (Lipinski definition) is 0. The highest BCUT2D eigenvalue weighted by atomic mass is 31.1. The molecule has 3 rings (SSSR count). The molecule has 0 bridgehead atoms. The SMILES string of the molecule is CCC(C)(Pc1ccc(C)cc1F)c1cc(C)cc(C)c1OCc1ccccc1. The van der Waals surface area contributed by atoms with E-state index in [0.29, 0.717) is 15.2 Å². The zero-order chi connectivity index (χ0) is 21.0. The largest absolute Gasteiger partial charge is 0.488 e. The summed E-state index contributed by atoms with van der Waals surface area (Å²) in [5.74, 6) is 0.822. The van der Waals surface area contributed by atoms with E-state index in [9.17, 15) is 4.39 Å². The monoisotopic (exact) mass is 408 g/mol. The number of hydrogen-bond acceptors (Lipinski definition) is 1. The highest BCUT2D eigenvalue weighted by molar-refractivity contribution is 7.48. The Morgan fingerprint density at radius 1 is 0.931 bits per heavy atom. The van der Waals surface area contributed by atoms with Crippen LogP contribution in [-0.4, -0.2) is 0 Å². The van der Waals surface area contributed by atoms with Crippen LogP contribution in [0.2, 0.25) is 0 Å². The molecule has 29 heavy (non-hydrogen) atoms. The smallest absolute Gasteiger partial charge is 0.130 e. The Hall–Kier alpha value is -2.18. The zero-order valence-corrected chi connectivity index (χ0v) is 19.0. The van der Waals surface area contributed by atoms with Gasteiger partial charge in [0, 0.05) is 16.0 Å². The van der Waals surface area contributed by atoms with Crippen molar-refractivity contribution in [2.45, 2.75) is 52.8 Å². The Balaban J connectivity index is 1.99. The minimum Gasteiger partial charge on any atom is -0.488 e. The Labute approximate surface area is 176 Å². The van der Waals surface area contributed by atoms with E-state index < -0.39 is 0 Å². The van der Waals surface area contributed by atoms with Crippen LogP contribution < -0.4 is 10.0 Å². The second-order valence-corrected chi connectivity index (χ2v) is 9.92. The lowest BCUT2D eigenvalue weighted by Gasteiger charge is -2.32. The van der Waals surface area contributed by atoms with Crippen molar-refractivity contribution in [3.63, 3.8) is 0 Å². The maximum Gasteiger partial charge on any atom is 0.130 e. The van der Waals surface area contributed by atoms with Crippen LogP contribution in [0.25, 0.3) is 0 Å². The van der Waals surface area contributed by atoms with Gasteiger partial charge in [-0.1, -0.05) is 82.6 Å². The summed E-state index contributed by atoms with van der Waals surface area (Å²) in [6.07, 6.45) is 0.906. The van der Waals surface area contributed by atoms with Crippen molar-refractivity contribution in [3.05, 3.63) is 94.3 Å². The van der Waals surface area contributed by atoms with E-state index >= 15 is 0 Å². The normalized spacial score (nSPS) is 13.6. The Kier molecular flexibility index (Phi) is 6.75. The molecule has 0 saturated heterocycles. The lowest BCUT2D eigenvalue weighted by atomic mass is 9.92. The Morgan fingerprint density at radius 2 is 1.66 bits per heavy atom. The van der Waals surface area contributed by atoms with E-state index in [1.807, 2.05) is 37.3 Å². The van der Waals surface area contributed by atoms with Crippen molar-refractivity contribution in [1.82, 2.24) is 0 Å². The van der Waals surface area contributed by atoms with E-state index in [-0.39, 0.29) is 11.0 Å². The van der Waals surface area contributed by atoms with Crippen LogP contribution in [0.4, 0.5) is 4.39 Å². The first-order valence-corrected chi connectivity index (χ1v) is 11.1. The summed E-state index contributed by atoms with van der Waals surface area (Å²) in [6, 6.07) is 20.2. The van der Waals surface area contributed by atoms with Gasteiger partial charge in [-0.2, -0.15) is 0 Å². The molecular formula is C26H30FOP. The van der Waals surface area contributed by atoms with Crippen LogP contribution in [0.15, 0.2) is 60.7 Å². The van der Waals surface area contributed by atoms with Gasteiger partial charge in [0.05, 0.1) is 0 Å². The predicted molar refractivity (Wildman–Crippen MR) is 123 cm³/mol. The molecule has 0 saturated carbocycles. The second-order valence-electron chi connectivity index (χ2n) is 8.03. The molecule has 0 N–H and O–H groups in total. The second kappa shape index (κ2) is 9.09. The molecule has 0 aliphatic heterocycles. The third-order valence-electron chi connectivity index (χ3n) is 5.48. The molecule has 3 heteroatoms. The quantitative estimate of drug-likeness (QED) is 0.384. The van der Waals surface area contributed by atoms with Crippen molar-refractivity contribution >= 4 is 13.9 Å². The van der Waals surface area contributed by atoms with Gasteiger partial charge < -0.3 is 4.74 Å². The Morgan fingerprint density at radius 3 is 2.31 bits per heavy atom. The molecule has 0 aliphatic rings. The molecule has 0 aliphatic carbocycles. The van der Waals surface area contributed by atoms with Crippen LogP contribution in [0.5, 0.6) is 5.75 Å². The molecule has 0 aromatic heterocycles. The van der Waals surface area contributed by atoms with Gasteiger partial charge in [-0.3, -0.25) is 0 Å². The molecule has 152 valence electrons. The third-order valence-corrected chi connectivity index (χ3v) is 7.33. The maximum absolute atomic E-state index is 14.6. The fraction of sp³-hybridized carbons (Fsp3) is 0.308. The average molecular weight is 408 g/mol. The molecule has 0 spiro atoms. The summed E-state index contributed by atoms with van der Waals surface area (Å²) in [6.45, 7) is 11.1. The number of aryl methyl sites for hydroxylation is 3. The van der Waals surface area contributed by atoms with Crippen LogP contribution in [0, 0.1) is 26.6 Å². The minimum absolute atomic E-state index is 0.112. The first-order chi connectivity index (χ1) is 13.8. The molecule has 0 heterocycles. The standard InChI is InChI=1S/C26H30FOP/c1-6-26(5,29-24-13-12-18(2)16-23(24)27)22-15-19(3)14-20(4)25(22)28-17-21-10-8-7-9-11-21/h7-16,29H,6,17H2,1-5H3. The summed E-state index contributed by atoms with van der Waals surface area (Å²) in [5.41, 5.74) is 5.60. The van der Waals surface area contributed by atoms with Crippen molar-refractivity contribution in [2.24, 2.45) is 0 Å². The maximum atomic E-state index is 14.6. The van der Waals surface area contributed by atoms with E-state index in [0.717, 1.165) is 34.2 Å². The first kappa shape index (κ1) is 21.5. The summed E-state index contributed by atoms with van der Waals surface area (Å²) in [5, 5.41) is 0.590. The van der Waals surface area contributed by atoms with E-state index in [1.165, 1.54) is 11.1 Å². The molecule has 1 nitrogen and oxygen atoms in total. The van der Waals surface area contributed by atoms with Gasteiger partial charge in [0.1, 0.15) is 18.2 Å². The van der Waals surface area contributed by atoms with E-state index in [1.54, 1.807) is 6.07 Å². The van der Waals surface area contributed by atoms with Gasteiger partial charge in [0.25, 0.3) is 0 Å². The van der Waals surface area contributed by atoms with Crippen molar-refractivity contribution < 1.29 is 9.13 Å². The molecule has 3 aromatic carbocycles. The lowest BCUT2D eigenvalue weighted by molar-refractivity contribution is 0.297. The molecule has 2 atom stereocenters. The molecule has 0 radical (unpaired) electrons. The molecule has 2 unspecified atom stereocenters. The summed E-state index contributed by atoms with van der Waals surface area (Å²) >= 11 is 0. The van der Waals surface area contributed by atoms with Crippen LogP contribution >= 0.6 is 8.58 Å². The number of halogens is 1. The van der Waals surface area contributed by atoms with Gasteiger partial charge in [-0.25, -0.2) is 4.39 Å². The molecule has 0 amide bonds. The van der Waals surface area contributed by atoms with Crippen LogP contribution in [-0.2, 0) is 11.8 Å². The minimum atomic E-state index is -0.196. The number of rotatable bonds is 7. The van der Waals surface area contributed by atoms with Crippen molar-refractivity contribution in [3.8, 4) is 5.75 Å². The molecular weight excluding hydrogens is 378 g/mol. The van der Waals surface area contributed by atoms with Gasteiger partial charge in [-0.05, 0) is 49.9 Å². The van der Waals surface area contributed by atoms with Gasteiger partial charge in [0.2, 0.25) is 0 Å². The number of ether oxygens (including phenoxy) is 1. The third kappa shape index (κ3) is 5.06.